The zero-order valence-corrected chi connectivity index (χ0v) is 21.2. The number of aromatic nitrogens is 1. The number of fused-ring (bicyclic) bond motifs is 3. The Bertz CT molecular complexity index is 1530. The van der Waals surface area contributed by atoms with Gasteiger partial charge in [0.15, 0.2) is 11.6 Å². The van der Waals surface area contributed by atoms with Crippen LogP contribution in [0.15, 0.2) is 66.7 Å². The average molecular weight is 518 g/mol. The first-order valence-corrected chi connectivity index (χ1v) is 12.7. The fourth-order valence-electron chi connectivity index (χ4n) is 4.51. The minimum absolute atomic E-state index is 0.0320. The minimum atomic E-state index is -0.929. The Morgan fingerprint density at radius 1 is 1.05 bits per heavy atom. The largest absolute Gasteiger partial charge is 0.489 e. The lowest BCUT2D eigenvalue weighted by atomic mass is 9.98. The van der Waals surface area contributed by atoms with Crippen LogP contribution in [0, 0.1) is 11.6 Å². The molecule has 0 saturated heterocycles. The van der Waals surface area contributed by atoms with Crippen molar-refractivity contribution in [3.8, 4) is 5.75 Å². The van der Waals surface area contributed by atoms with Gasteiger partial charge in [-0.1, -0.05) is 56.3 Å². The van der Waals surface area contributed by atoms with E-state index >= 15 is 0 Å². The number of hydrogen-bond donors (Lipinski definition) is 1. The molecular weight excluding hydrogens is 492 g/mol. The van der Waals surface area contributed by atoms with Crippen LogP contribution in [0.1, 0.15) is 53.5 Å². The number of nitrogens with zero attached hydrogens (tertiary/aromatic N) is 1. The molecule has 5 rings (SSSR count). The second kappa shape index (κ2) is 9.98. The quantitative estimate of drug-likeness (QED) is 0.285. The molecule has 1 aromatic heterocycles. The summed E-state index contributed by atoms with van der Waals surface area (Å²) in [5.41, 5.74) is 5.06. The van der Waals surface area contributed by atoms with Gasteiger partial charge in [-0.25, -0.2) is 13.8 Å². The molecule has 7 heteroatoms. The molecule has 1 aliphatic rings. The molecule has 0 radical (unpaired) electrons. The van der Waals surface area contributed by atoms with Crippen molar-refractivity contribution in [2.75, 3.05) is 0 Å². The number of halogens is 2. The van der Waals surface area contributed by atoms with Crippen LogP contribution in [0.25, 0.3) is 23.1 Å². The molecule has 4 aromatic rings. The predicted octanol–water partition coefficient (Wildman–Crippen LogP) is 7.65. The lowest BCUT2D eigenvalue weighted by Crippen LogP contribution is -2.22. The number of thioether (sulfide) groups is 1. The lowest BCUT2D eigenvalue weighted by Gasteiger charge is -2.29. The Labute approximate surface area is 218 Å². The Kier molecular flexibility index (Phi) is 6.73. The summed E-state index contributed by atoms with van der Waals surface area (Å²) in [7, 11) is 0. The van der Waals surface area contributed by atoms with Gasteiger partial charge in [-0.05, 0) is 47.0 Å². The molecule has 0 fully saturated rings. The maximum absolute atomic E-state index is 13.7. The van der Waals surface area contributed by atoms with Crippen molar-refractivity contribution in [1.29, 1.82) is 0 Å². The number of carboxylic acids is 1. The van der Waals surface area contributed by atoms with E-state index in [1.54, 1.807) is 23.9 Å². The summed E-state index contributed by atoms with van der Waals surface area (Å²) in [6.07, 6.45) is 3.77. The summed E-state index contributed by atoms with van der Waals surface area (Å²) in [5, 5.41) is 9.86. The second-order valence-electron chi connectivity index (χ2n) is 9.64. The van der Waals surface area contributed by atoms with Gasteiger partial charge in [0.2, 0.25) is 0 Å². The number of hydrogen-bond acceptors (Lipinski definition) is 4. The number of pyridine rings is 1. The first-order chi connectivity index (χ1) is 17.7. The maximum atomic E-state index is 13.7. The van der Waals surface area contributed by atoms with E-state index in [0.717, 1.165) is 40.1 Å². The van der Waals surface area contributed by atoms with E-state index in [1.807, 2.05) is 56.3 Å². The van der Waals surface area contributed by atoms with Gasteiger partial charge in [0.1, 0.15) is 12.4 Å². The molecule has 2 heterocycles. The van der Waals surface area contributed by atoms with Gasteiger partial charge in [0, 0.05) is 21.8 Å². The molecule has 3 aromatic carbocycles. The molecule has 0 saturated carbocycles. The van der Waals surface area contributed by atoms with Crippen LogP contribution < -0.4 is 4.74 Å². The van der Waals surface area contributed by atoms with Crippen LogP contribution in [-0.2, 0) is 11.4 Å². The van der Waals surface area contributed by atoms with Gasteiger partial charge in [-0.3, -0.25) is 4.79 Å². The SMILES string of the molecule is CC(C)(CC(=O)O)SC1c2ccccc2COc2ccc(/C=C/c3ccc4cc(F)c(F)cc4n3)cc21. The molecule has 1 atom stereocenters. The van der Waals surface area contributed by atoms with E-state index < -0.39 is 22.4 Å². The predicted molar refractivity (Wildman–Crippen MR) is 144 cm³/mol. The average Bonchev–Trinajstić information content (AvgIpc) is 2.99. The number of ether oxygens (including phenoxy) is 1. The molecule has 37 heavy (non-hydrogen) atoms. The van der Waals surface area contributed by atoms with Gasteiger partial charge < -0.3 is 9.84 Å². The molecule has 1 unspecified atom stereocenters. The zero-order chi connectivity index (χ0) is 26.2. The normalized spacial score (nSPS) is 15.2. The summed E-state index contributed by atoms with van der Waals surface area (Å²) in [4.78, 5) is 16.0. The first-order valence-electron chi connectivity index (χ1n) is 11.9. The van der Waals surface area contributed by atoms with Gasteiger partial charge in [0.05, 0.1) is 22.9 Å². The highest BCUT2D eigenvalue weighted by Gasteiger charge is 2.32. The maximum Gasteiger partial charge on any atom is 0.304 e. The van der Waals surface area contributed by atoms with E-state index in [4.69, 9.17) is 4.74 Å². The number of benzene rings is 3. The first kappa shape index (κ1) is 25.0. The van der Waals surface area contributed by atoms with Crippen LogP contribution in [0.3, 0.4) is 0 Å². The molecule has 188 valence electrons. The molecule has 1 N–H and O–H groups in total. The van der Waals surface area contributed by atoms with E-state index in [1.165, 1.54) is 0 Å². The highest BCUT2D eigenvalue weighted by molar-refractivity contribution is 8.01. The summed E-state index contributed by atoms with van der Waals surface area (Å²) in [6.45, 7) is 4.33. The summed E-state index contributed by atoms with van der Waals surface area (Å²) in [6, 6.07) is 19.7. The Balaban J connectivity index is 1.51. The van der Waals surface area contributed by atoms with E-state index in [2.05, 4.69) is 17.1 Å². The lowest BCUT2D eigenvalue weighted by molar-refractivity contribution is -0.137. The zero-order valence-electron chi connectivity index (χ0n) is 20.4. The van der Waals surface area contributed by atoms with Crippen molar-refractivity contribution in [2.24, 2.45) is 0 Å². The monoisotopic (exact) mass is 517 g/mol. The number of carboxylic acid groups (broad SMARTS) is 1. The van der Waals surface area contributed by atoms with Crippen molar-refractivity contribution in [3.05, 3.63) is 106 Å². The van der Waals surface area contributed by atoms with Crippen molar-refractivity contribution in [3.63, 3.8) is 0 Å². The van der Waals surface area contributed by atoms with Crippen molar-refractivity contribution >= 4 is 40.8 Å². The number of carbonyl (C=O) groups is 1. The minimum Gasteiger partial charge on any atom is -0.489 e. The summed E-state index contributed by atoms with van der Waals surface area (Å²) < 4.78 is 32.8. The van der Waals surface area contributed by atoms with Crippen molar-refractivity contribution in [2.45, 2.75) is 36.9 Å². The van der Waals surface area contributed by atoms with E-state index in [9.17, 15) is 18.7 Å². The van der Waals surface area contributed by atoms with Crippen LogP contribution in [-0.4, -0.2) is 20.8 Å². The van der Waals surface area contributed by atoms with Crippen LogP contribution in [0.2, 0.25) is 0 Å². The molecule has 0 spiro atoms. The van der Waals surface area contributed by atoms with Crippen LogP contribution in [0.5, 0.6) is 5.75 Å². The third-order valence-electron chi connectivity index (χ3n) is 6.25. The van der Waals surface area contributed by atoms with Gasteiger partial charge in [-0.2, -0.15) is 0 Å². The highest BCUT2D eigenvalue weighted by atomic mass is 32.2. The van der Waals surface area contributed by atoms with Crippen LogP contribution in [0.4, 0.5) is 8.78 Å². The van der Waals surface area contributed by atoms with Crippen molar-refractivity contribution in [1.82, 2.24) is 4.98 Å². The third-order valence-corrected chi connectivity index (χ3v) is 7.78. The van der Waals surface area contributed by atoms with Crippen LogP contribution >= 0.6 is 11.8 Å². The molecule has 0 aliphatic carbocycles. The van der Waals surface area contributed by atoms with Gasteiger partial charge in [-0.15, -0.1) is 11.8 Å². The Morgan fingerprint density at radius 3 is 2.65 bits per heavy atom. The standard InChI is InChI=1S/C30H25F2NO3S/c1-30(2,16-28(34)35)37-29-22-6-4-3-5-20(22)17-36-27-12-8-18(13-23(27)29)7-10-21-11-9-19-14-24(31)25(32)15-26(19)33-21/h3-15,29H,16-17H2,1-2H3,(H,34,35)/b10-7+. The smallest absolute Gasteiger partial charge is 0.304 e. The Morgan fingerprint density at radius 2 is 1.84 bits per heavy atom. The fraction of sp³-hybridized carbons (Fsp3) is 0.200. The molecular formula is C30H25F2NO3S. The molecule has 0 bridgehead atoms. The second-order valence-corrected chi connectivity index (χ2v) is 11.5. The summed E-state index contributed by atoms with van der Waals surface area (Å²) >= 11 is 1.61. The molecule has 0 amide bonds. The van der Waals surface area contributed by atoms with Gasteiger partial charge >= 0.3 is 5.97 Å². The third kappa shape index (κ3) is 5.52. The highest BCUT2D eigenvalue weighted by Crippen LogP contribution is 2.49. The van der Waals surface area contributed by atoms with Gasteiger partial charge in [0.25, 0.3) is 0 Å². The Hall–Kier alpha value is -3.71. The molecule has 4 nitrogen and oxygen atoms in total. The number of aliphatic carboxylic acids is 1. The van der Waals surface area contributed by atoms with Crippen molar-refractivity contribution < 1.29 is 23.4 Å². The van der Waals surface area contributed by atoms with E-state index in [0.29, 0.717) is 23.2 Å². The topological polar surface area (TPSA) is 59.4 Å². The summed E-state index contributed by atoms with van der Waals surface area (Å²) in [5.74, 6) is -1.90. The molecule has 1 aliphatic heterocycles. The fourth-order valence-corrected chi connectivity index (χ4v) is 6.02. The number of rotatable bonds is 6. The van der Waals surface area contributed by atoms with E-state index in [-0.39, 0.29) is 11.7 Å².